The van der Waals surface area contributed by atoms with Gasteiger partial charge in [0.2, 0.25) is 0 Å². The van der Waals surface area contributed by atoms with E-state index < -0.39 is 7.75 Å². The summed E-state index contributed by atoms with van der Waals surface area (Å²) in [4.78, 5) is 0. The van der Waals surface area contributed by atoms with Crippen LogP contribution < -0.4 is 16.1 Å². The quantitative estimate of drug-likeness (QED) is 0.0488. The summed E-state index contributed by atoms with van der Waals surface area (Å²) >= 11 is 0. The van der Waals surface area contributed by atoms with Crippen molar-refractivity contribution in [3.63, 3.8) is 0 Å². The second kappa shape index (κ2) is 34.5. The van der Waals surface area contributed by atoms with Crippen molar-refractivity contribution in [1.29, 1.82) is 0 Å². The molecule has 248 valence electrons. The van der Waals surface area contributed by atoms with Crippen LogP contribution in [0.3, 0.4) is 0 Å². The van der Waals surface area contributed by atoms with Crippen LogP contribution in [-0.2, 0) is 13.6 Å². The molecule has 0 radical (unpaired) electrons. The van der Waals surface area contributed by atoms with Gasteiger partial charge in [0.05, 0.1) is 13.2 Å². The highest BCUT2D eigenvalue weighted by Gasteiger charge is 2.23. The molecule has 0 heterocycles. The number of unbranched alkanes of at least 4 members (excludes halogenated alkanes) is 24. The first-order valence-electron chi connectivity index (χ1n) is 18.2. The molecular weight excluding hydrogens is 529 g/mol. The molecule has 0 saturated heterocycles. The van der Waals surface area contributed by atoms with E-state index in [2.05, 4.69) is 24.3 Å². The van der Waals surface area contributed by atoms with Gasteiger partial charge in [0, 0.05) is 26.2 Å². The van der Waals surface area contributed by atoms with Crippen molar-refractivity contribution in [2.75, 3.05) is 39.4 Å². The molecular formula is C34H74N3O3P. The zero-order valence-corrected chi connectivity index (χ0v) is 28.8. The third kappa shape index (κ3) is 32.8. The van der Waals surface area contributed by atoms with Gasteiger partial charge < -0.3 is 11.1 Å². The van der Waals surface area contributed by atoms with E-state index in [9.17, 15) is 4.57 Å². The van der Waals surface area contributed by atoms with Crippen LogP contribution in [0.1, 0.15) is 181 Å². The monoisotopic (exact) mass is 604 g/mol. The van der Waals surface area contributed by atoms with Gasteiger partial charge in [0.1, 0.15) is 0 Å². The Morgan fingerprint density at radius 3 is 1.10 bits per heavy atom. The molecule has 0 bridgehead atoms. The van der Waals surface area contributed by atoms with E-state index in [-0.39, 0.29) is 0 Å². The standard InChI is InChI=1S/C34H74N3O3P/c1-3-5-7-9-11-13-15-17-19-21-23-25-27-33-39-41(38,37-32-31-36-30-29-35)40-34-28-26-24-22-20-18-16-14-12-10-8-6-4-2/h36H,3-35H2,1-2H3,(H,37,38). The van der Waals surface area contributed by atoms with Gasteiger partial charge in [-0.15, -0.1) is 0 Å². The van der Waals surface area contributed by atoms with Crippen molar-refractivity contribution in [2.24, 2.45) is 5.73 Å². The predicted molar refractivity (Wildman–Crippen MR) is 181 cm³/mol. The maximum Gasteiger partial charge on any atom is 0.405 e. The van der Waals surface area contributed by atoms with Crippen LogP contribution >= 0.6 is 7.75 Å². The Balaban J connectivity index is 3.86. The van der Waals surface area contributed by atoms with Gasteiger partial charge in [0.25, 0.3) is 0 Å². The summed E-state index contributed by atoms with van der Waals surface area (Å²) in [7, 11) is -3.26. The van der Waals surface area contributed by atoms with Crippen molar-refractivity contribution >= 4 is 7.75 Å². The summed E-state index contributed by atoms with van der Waals surface area (Å²) in [6.07, 6.45) is 34.2. The number of hydrogen-bond donors (Lipinski definition) is 3. The lowest BCUT2D eigenvalue weighted by Crippen LogP contribution is -2.30. The highest BCUT2D eigenvalue weighted by molar-refractivity contribution is 7.51. The average Bonchev–Trinajstić information content (AvgIpc) is 2.97. The van der Waals surface area contributed by atoms with E-state index in [1.165, 1.54) is 141 Å². The third-order valence-electron chi connectivity index (χ3n) is 7.95. The molecule has 41 heavy (non-hydrogen) atoms. The fourth-order valence-corrected chi connectivity index (χ4v) is 6.63. The van der Waals surface area contributed by atoms with Gasteiger partial charge in [0.15, 0.2) is 0 Å². The highest BCUT2D eigenvalue weighted by atomic mass is 31.2. The molecule has 0 aromatic carbocycles. The highest BCUT2D eigenvalue weighted by Crippen LogP contribution is 2.43. The number of rotatable bonds is 36. The van der Waals surface area contributed by atoms with Crippen molar-refractivity contribution in [3.05, 3.63) is 0 Å². The topological polar surface area (TPSA) is 85.6 Å². The van der Waals surface area contributed by atoms with Crippen LogP contribution in [0.2, 0.25) is 0 Å². The molecule has 0 aromatic heterocycles. The lowest BCUT2D eigenvalue weighted by molar-refractivity contribution is 0.189. The van der Waals surface area contributed by atoms with E-state index in [0.717, 1.165) is 32.2 Å². The SMILES string of the molecule is CCCCCCCCCCCCCCCOP(=O)(NCCNCCN)OCCCCCCCCCCCCCCC. The van der Waals surface area contributed by atoms with Crippen LogP contribution in [0.15, 0.2) is 0 Å². The Morgan fingerprint density at radius 2 is 0.780 bits per heavy atom. The van der Waals surface area contributed by atoms with Crippen molar-refractivity contribution < 1.29 is 13.6 Å². The Labute approximate surface area is 257 Å². The Bertz CT molecular complexity index is 503. The van der Waals surface area contributed by atoms with Crippen LogP contribution in [0, 0.1) is 0 Å². The van der Waals surface area contributed by atoms with Crippen LogP contribution in [-0.4, -0.2) is 39.4 Å². The lowest BCUT2D eigenvalue weighted by Gasteiger charge is -2.19. The summed E-state index contributed by atoms with van der Waals surface area (Å²) in [5.74, 6) is 0. The van der Waals surface area contributed by atoms with E-state index in [1.807, 2.05) is 0 Å². The summed E-state index contributed by atoms with van der Waals surface area (Å²) in [6, 6.07) is 0. The minimum absolute atomic E-state index is 0.497. The van der Waals surface area contributed by atoms with E-state index in [0.29, 0.717) is 32.8 Å². The van der Waals surface area contributed by atoms with E-state index >= 15 is 0 Å². The molecule has 0 atom stereocenters. The largest absolute Gasteiger partial charge is 0.405 e. The summed E-state index contributed by atoms with van der Waals surface area (Å²) in [5, 5.41) is 6.28. The van der Waals surface area contributed by atoms with Crippen molar-refractivity contribution in [1.82, 2.24) is 10.4 Å². The molecule has 0 spiro atoms. The minimum Gasteiger partial charge on any atom is -0.329 e. The Hall–Kier alpha value is 0.0300. The second-order valence-electron chi connectivity index (χ2n) is 12.1. The molecule has 0 amide bonds. The molecule has 4 N–H and O–H groups in total. The average molecular weight is 604 g/mol. The number of nitrogens with two attached hydrogens (primary N) is 1. The van der Waals surface area contributed by atoms with Gasteiger partial charge in [-0.2, -0.15) is 0 Å². The Kier molecular flexibility index (Phi) is 34.5. The maximum atomic E-state index is 13.3. The van der Waals surface area contributed by atoms with Gasteiger partial charge in [-0.25, -0.2) is 9.65 Å². The molecule has 0 unspecified atom stereocenters. The fraction of sp³-hybridized carbons (Fsp3) is 1.00. The van der Waals surface area contributed by atoms with E-state index in [1.54, 1.807) is 0 Å². The lowest BCUT2D eigenvalue weighted by atomic mass is 10.0. The summed E-state index contributed by atoms with van der Waals surface area (Å²) in [5.41, 5.74) is 5.54. The smallest absolute Gasteiger partial charge is 0.329 e. The molecule has 7 heteroatoms. The first-order chi connectivity index (χ1) is 20.2. The Morgan fingerprint density at radius 1 is 0.463 bits per heavy atom. The number of nitrogens with one attached hydrogen (secondary N) is 2. The summed E-state index contributed by atoms with van der Waals surface area (Å²) < 4.78 is 24.9. The molecule has 0 rings (SSSR count). The summed E-state index contributed by atoms with van der Waals surface area (Å²) in [6.45, 7) is 8.16. The first-order valence-corrected chi connectivity index (χ1v) is 19.8. The molecule has 0 aliphatic rings. The second-order valence-corrected chi connectivity index (χ2v) is 13.9. The maximum absolute atomic E-state index is 13.3. The molecule has 0 aliphatic heterocycles. The van der Waals surface area contributed by atoms with Gasteiger partial charge in [-0.1, -0.05) is 168 Å². The number of hydrogen-bond acceptors (Lipinski definition) is 5. The molecule has 0 saturated carbocycles. The van der Waals surface area contributed by atoms with Crippen molar-refractivity contribution in [2.45, 2.75) is 181 Å². The molecule has 6 nitrogen and oxygen atoms in total. The molecule has 0 aromatic rings. The van der Waals surface area contributed by atoms with Crippen LogP contribution in [0.25, 0.3) is 0 Å². The molecule has 0 aliphatic carbocycles. The fourth-order valence-electron chi connectivity index (χ4n) is 5.25. The van der Waals surface area contributed by atoms with Gasteiger partial charge in [-0.05, 0) is 12.8 Å². The third-order valence-corrected chi connectivity index (χ3v) is 9.60. The van der Waals surface area contributed by atoms with Crippen molar-refractivity contribution in [3.8, 4) is 0 Å². The molecule has 0 fully saturated rings. The first kappa shape index (κ1) is 41.0. The zero-order chi connectivity index (χ0) is 30.0. The van der Waals surface area contributed by atoms with Gasteiger partial charge in [-0.3, -0.25) is 9.05 Å². The van der Waals surface area contributed by atoms with Crippen LogP contribution in [0.5, 0.6) is 0 Å². The van der Waals surface area contributed by atoms with Gasteiger partial charge >= 0.3 is 7.75 Å². The predicted octanol–water partition coefficient (Wildman–Crippen LogP) is 10.4. The minimum atomic E-state index is -3.26. The van der Waals surface area contributed by atoms with E-state index in [4.69, 9.17) is 14.8 Å². The normalized spacial score (nSPS) is 12.0. The van der Waals surface area contributed by atoms with Crippen LogP contribution in [0.4, 0.5) is 0 Å². The zero-order valence-electron chi connectivity index (χ0n) is 27.9.